The highest BCUT2D eigenvalue weighted by Crippen LogP contribution is 2.24. The van der Waals surface area contributed by atoms with Crippen LogP contribution in [0.5, 0.6) is 11.5 Å². The second-order valence-electron chi connectivity index (χ2n) is 9.23. The van der Waals surface area contributed by atoms with Crippen LogP contribution < -0.4 is 9.47 Å². The van der Waals surface area contributed by atoms with Crippen molar-refractivity contribution in [3.05, 3.63) is 35.7 Å². The van der Waals surface area contributed by atoms with Crippen LogP contribution >= 0.6 is 0 Å². The minimum Gasteiger partial charge on any atom is -0.491 e. The average molecular weight is 626 g/mol. The maximum absolute atomic E-state index is 12.4. The third kappa shape index (κ3) is 17.1. The highest BCUT2D eigenvalue weighted by Gasteiger charge is 2.12. The molecule has 14 nitrogen and oxygen atoms in total. The minimum atomic E-state index is -0.479. The highest BCUT2D eigenvalue weighted by atomic mass is 16.6. The number of aryl methyl sites for hydroxylation is 1. The summed E-state index contributed by atoms with van der Waals surface area (Å²) in [6, 6.07) is 4.88. The summed E-state index contributed by atoms with van der Waals surface area (Å²) in [5.41, 5.74) is 0.927. The van der Waals surface area contributed by atoms with Crippen LogP contribution in [0.3, 0.4) is 0 Å². The molecule has 0 atom stereocenters. The van der Waals surface area contributed by atoms with E-state index in [4.69, 9.17) is 42.6 Å². The van der Waals surface area contributed by atoms with Gasteiger partial charge < -0.3 is 42.6 Å². The summed E-state index contributed by atoms with van der Waals surface area (Å²) in [7, 11) is 1.63. The Morgan fingerprint density at radius 3 is 1.93 bits per heavy atom. The Balaban J connectivity index is 1.69. The normalized spacial score (nSPS) is 11.0. The van der Waals surface area contributed by atoms with Gasteiger partial charge in [0, 0.05) is 26.1 Å². The van der Waals surface area contributed by atoms with Gasteiger partial charge in [0.15, 0.2) is 0 Å². The first-order valence-corrected chi connectivity index (χ1v) is 15.0. The summed E-state index contributed by atoms with van der Waals surface area (Å²) in [6.45, 7) is 9.47. The Kier molecular flexibility index (Phi) is 20.2. The van der Waals surface area contributed by atoms with E-state index < -0.39 is 5.97 Å². The zero-order valence-electron chi connectivity index (χ0n) is 26.2. The van der Waals surface area contributed by atoms with Gasteiger partial charge in [0.2, 0.25) is 0 Å². The van der Waals surface area contributed by atoms with Crippen molar-refractivity contribution >= 4 is 11.9 Å². The van der Waals surface area contributed by atoms with Gasteiger partial charge in [-0.05, 0) is 38.8 Å². The third-order valence-corrected chi connectivity index (χ3v) is 5.73. The number of carbonyl (C=O) groups is 2. The fourth-order valence-corrected chi connectivity index (χ4v) is 3.64. The first kappa shape index (κ1) is 36.9. The van der Waals surface area contributed by atoms with Gasteiger partial charge in [0.25, 0.3) is 0 Å². The predicted octanol–water partition coefficient (Wildman–Crippen LogP) is 2.86. The van der Waals surface area contributed by atoms with Crippen molar-refractivity contribution in [3.8, 4) is 11.5 Å². The molecule has 0 spiro atoms. The Morgan fingerprint density at radius 2 is 1.32 bits per heavy atom. The molecule has 0 aliphatic carbocycles. The summed E-state index contributed by atoms with van der Waals surface area (Å²) in [6.07, 6.45) is 3.63. The molecule has 1 aromatic heterocycles. The second-order valence-corrected chi connectivity index (χ2v) is 9.23. The van der Waals surface area contributed by atoms with Crippen LogP contribution in [0.4, 0.5) is 0 Å². The van der Waals surface area contributed by atoms with E-state index in [0.717, 1.165) is 6.42 Å². The highest BCUT2D eigenvalue weighted by molar-refractivity contribution is 5.90. The number of methoxy groups -OCH3 is 1. The van der Waals surface area contributed by atoms with Crippen LogP contribution in [-0.4, -0.2) is 113 Å². The zero-order chi connectivity index (χ0) is 31.7. The van der Waals surface area contributed by atoms with Gasteiger partial charge in [-0.25, -0.2) is 4.79 Å². The van der Waals surface area contributed by atoms with Crippen LogP contribution in [0, 0.1) is 0 Å². The molecule has 0 aliphatic heterocycles. The van der Waals surface area contributed by atoms with E-state index in [1.807, 2.05) is 0 Å². The van der Waals surface area contributed by atoms with Crippen LogP contribution in [-0.2, 0) is 51.1 Å². The van der Waals surface area contributed by atoms with E-state index in [1.165, 1.54) is 0 Å². The lowest BCUT2D eigenvalue weighted by Gasteiger charge is -2.12. The molecule has 0 saturated carbocycles. The molecule has 44 heavy (non-hydrogen) atoms. The number of rotatable bonds is 27. The van der Waals surface area contributed by atoms with Gasteiger partial charge in [-0.15, -0.1) is 5.10 Å². The monoisotopic (exact) mass is 625 g/mol. The maximum Gasteiger partial charge on any atom is 0.338 e. The second kappa shape index (κ2) is 24.1. The first-order valence-electron chi connectivity index (χ1n) is 15.0. The Labute approximate surface area is 259 Å². The number of carbonyl (C=O) groups excluding carboxylic acids is 2. The van der Waals surface area contributed by atoms with Crippen molar-refractivity contribution in [2.24, 2.45) is 0 Å². The number of hydrogen-bond acceptors (Lipinski definition) is 13. The van der Waals surface area contributed by atoms with Crippen molar-refractivity contribution in [3.63, 3.8) is 0 Å². The molecule has 0 saturated heterocycles. The van der Waals surface area contributed by atoms with E-state index in [1.54, 1.807) is 50.0 Å². The molecule has 2 aromatic rings. The van der Waals surface area contributed by atoms with Crippen molar-refractivity contribution in [1.82, 2.24) is 15.0 Å². The molecule has 0 fully saturated rings. The summed E-state index contributed by atoms with van der Waals surface area (Å²) in [5.74, 6) is 0.194. The quantitative estimate of drug-likeness (QED) is 0.106. The molecule has 1 aromatic carbocycles. The number of benzene rings is 1. The number of unbranched alkanes of at least 4 members (excludes halogenated alkanes) is 1. The standard InChI is InChI=1S/C30H47N3O11/c1-4-41-29(34)8-6-7-9-33-23-26(31-32-33)24-44-28-21-25(30(35)42-5-2)20-27(22-28)43-19-18-40-17-16-39-15-14-38-13-12-37-11-10-36-3/h20-23H,4-19,24H2,1-3H3. The average Bonchev–Trinajstić information content (AvgIpc) is 3.48. The zero-order valence-corrected chi connectivity index (χ0v) is 26.2. The van der Waals surface area contributed by atoms with Crippen molar-refractivity contribution < 1.29 is 52.2 Å². The molecule has 2 rings (SSSR count). The maximum atomic E-state index is 12.4. The third-order valence-electron chi connectivity index (χ3n) is 5.73. The largest absolute Gasteiger partial charge is 0.491 e. The summed E-state index contributed by atoms with van der Waals surface area (Å²) < 4.78 is 50.2. The van der Waals surface area contributed by atoms with Gasteiger partial charge >= 0.3 is 11.9 Å². The number of esters is 2. The Bertz CT molecular complexity index is 1050. The van der Waals surface area contributed by atoms with E-state index in [0.29, 0.717) is 108 Å². The first-order chi connectivity index (χ1) is 21.5. The lowest BCUT2D eigenvalue weighted by atomic mass is 10.2. The number of hydrogen-bond donors (Lipinski definition) is 0. The molecular weight excluding hydrogens is 578 g/mol. The number of nitrogens with zero attached hydrogens (tertiary/aromatic N) is 3. The van der Waals surface area contributed by atoms with Gasteiger partial charge in [-0.3, -0.25) is 9.48 Å². The van der Waals surface area contributed by atoms with E-state index in [9.17, 15) is 9.59 Å². The summed E-state index contributed by atoms with van der Waals surface area (Å²) in [4.78, 5) is 23.9. The van der Waals surface area contributed by atoms with Gasteiger partial charge in [-0.2, -0.15) is 0 Å². The topological polar surface area (TPSA) is 148 Å². The van der Waals surface area contributed by atoms with E-state index in [2.05, 4.69) is 10.3 Å². The lowest BCUT2D eigenvalue weighted by molar-refractivity contribution is -0.143. The molecule has 0 aliphatic rings. The number of ether oxygens (including phenoxy) is 9. The number of aromatic nitrogens is 3. The summed E-state index contributed by atoms with van der Waals surface area (Å²) >= 11 is 0. The molecule has 0 N–H and O–H groups in total. The molecule has 0 amide bonds. The minimum absolute atomic E-state index is 0.144. The van der Waals surface area contributed by atoms with Crippen LogP contribution in [0.15, 0.2) is 24.4 Å². The van der Waals surface area contributed by atoms with E-state index in [-0.39, 0.29) is 25.8 Å². The van der Waals surface area contributed by atoms with Crippen LogP contribution in [0.1, 0.15) is 49.2 Å². The van der Waals surface area contributed by atoms with Crippen molar-refractivity contribution in [2.75, 3.05) is 86.4 Å². The van der Waals surface area contributed by atoms with Crippen molar-refractivity contribution in [2.45, 2.75) is 46.3 Å². The Morgan fingerprint density at radius 1 is 0.727 bits per heavy atom. The Hall–Kier alpha value is -3.30. The molecule has 248 valence electrons. The lowest BCUT2D eigenvalue weighted by Crippen LogP contribution is -2.14. The van der Waals surface area contributed by atoms with Crippen LogP contribution in [0.25, 0.3) is 0 Å². The van der Waals surface area contributed by atoms with E-state index >= 15 is 0 Å². The van der Waals surface area contributed by atoms with Gasteiger partial charge in [0.05, 0.1) is 84.4 Å². The van der Waals surface area contributed by atoms with Gasteiger partial charge in [-0.1, -0.05) is 5.21 Å². The molecule has 14 heteroatoms. The fraction of sp³-hybridized carbons (Fsp3) is 0.667. The molecule has 1 heterocycles. The fourth-order valence-electron chi connectivity index (χ4n) is 3.64. The van der Waals surface area contributed by atoms with Crippen LogP contribution in [0.2, 0.25) is 0 Å². The van der Waals surface area contributed by atoms with Crippen molar-refractivity contribution in [1.29, 1.82) is 0 Å². The smallest absolute Gasteiger partial charge is 0.338 e. The molecular formula is C30H47N3O11. The molecule has 0 radical (unpaired) electrons. The molecule has 0 unspecified atom stereocenters. The van der Waals surface area contributed by atoms with Gasteiger partial charge in [0.1, 0.15) is 30.4 Å². The summed E-state index contributed by atoms with van der Waals surface area (Å²) in [5, 5.41) is 8.25. The predicted molar refractivity (Wildman–Crippen MR) is 158 cm³/mol. The molecule has 0 bridgehead atoms. The SMILES string of the molecule is CCOC(=O)CCCCn1cc(COc2cc(OCCOCCOCCOCCOCCOC)cc(C(=O)OCC)c2)nn1.